The molecular weight excluding hydrogens is 331 g/mol. The Labute approximate surface area is 148 Å². The second-order valence-electron chi connectivity index (χ2n) is 5.92. The summed E-state index contributed by atoms with van der Waals surface area (Å²) in [7, 11) is -3.42. The first-order valence-corrected chi connectivity index (χ1v) is 9.69. The van der Waals surface area contributed by atoms with Gasteiger partial charge in [0.25, 0.3) is 0 Å². The number of hydrogen-bond acceptors (Lipinski definition) is 2. The standard InChI is InChI=1S/C20H21N2O2P/c1-16-8-6-10-18(14-16)21-25(23,24-20-12-4-3-5-13-20)22-19-11-7-9-17(2)15-19/h3-15H,1-2H3,(H2,21,22,23). The predicted octanol–water partition coefficient (Wildman–Crippen LogP) is 6.01. The Morgan fingerprint density at radius 2 is 1.24 bits per heavy atom. The Balaban J connectivity index is 1.90. The van der Waals surface area contributed by atoms with Crippen LogP contribution in [0.25, 0.3) is 0 Å². The lowest BCUT2D eigenvalue weighted by atomic mass is 10.2. The van der Waals surface area contributed by atoms with E-state index in [0.29, 0.717) is 5.75 Å². The van der Waals surface area contributed by atoms with Crippen LogP contribution < -0.4 is 14.7 Å². The molecule has 0 saturated carbocycles. The molecule has 3 aromatic carbocycles. The monoisotopic (exact) mass is 352 g/mol. The van der Waals surface area contributed by atoms with E-state index >= 15 is 0 Å². The molecule has 0 bridgehead atoms. The van der Waals surface area contributed by atoms with Gasteiger partial charge in [0.05, 0.1) is 0 Å². The molecule has 0 spiro atoms. The van der Waals surface area contributed by atoms with E-state index in [-0.39, 0.29) is 0 Å². The van der Waals surface area contributed by atoms with Gasteiger partial charge in [0.15, 0.2) is 0 Å². The molecule has 2 N–H and O–H groups in total. The zero-order chi connectivity index (χ0) is 17.7. The summed E-state index contributed by atoms with van der Waals surface area (Å²) in [6.07, 6.45) is 0. The molecule has 0 aliphatic heterocycles. The SMILES string of the molecule is Cc1cccc(NP(=O)(Nc2cccc(C)c2)Oc2ccccc2)c1. The van der Waals surface area contributed by atoms with Crippen LogP contribution in [-0.4, -0.2) is 0 Å². The average molecular weight is 352 g/mol. The molecule has 128 valence electrons. The van der Waals surface area contributed by atoms with E-state index in [1.807, 2.05) is 80.6 Å². The van der Waals surface area contributed by atoms with E-state index in [9.17, 15) is 4.57 Å². The molecule has 3 aromatic rings. The molecule has 0 atom stereocenters. The minimum Gasteiger partial charge on any atom is -0.414 e. The van der Waals surface area contributed by atoms with Gasteiger partial charge in [0.1, 0.15) is 5.75 Å². The van der Waals surface area contributed by atoms with Gasteiger partial charge in [0.2, 0.25) is 0 Å². The van der Waals surface area contributed by atoms with Gasteiger partial charge in [-0.05, 0) is 61.4 Å². The highest BCUT2D eigenvalue weighted by Crippen LogP contribution is 2.47. The maximum Gasteiger partial charge on any atom is 0.444 e. The number of nitrogens with one attached hydrogen (secondary N) is 2. The molecule has 0 aromatic heterocycles. The number of hydrogen-bond donors (Lipinski definition) is 2. The van der Waals surface area contributed by atoms with Crippen LogP contribution in [0, 0.1) is 13.8 Å². The average Bonchev–Trinajstić information content (AvgIpc) is 2.55. The van der Waals surface area contributed by atoms with E-state index in [2.05, 4.69) is 10.2 Å². The molecule has 4 nitrogen and oxygen atoms in total. The maximum absolute atomic E-state index is 13.5. The van der Waals surface area contributed by atoms with Crippen molar-refractivity contribution in [1.29, 1.82) is 0 Å². The molecule has 3 rings (SSSR count). The van der Waals surface area contributed by atoms with E-state index in [0.717, 1.165) is 22.5 Å². The zero-order valence-electron chi connectivity index (χ0n) is 14.3. The zero-order valence-corrected chi connectivity index (χ0v) is 15.2. The minimum absolute atomic E-state index is 0.533. The molecule has 0 aliphatic carbocycles. The van der Waals surface area contributed by atoms with Crippen molar-refractivity contribution in [2.24, 2.45) is 0 Å². The largest absolute Gasteiger partial charge is 0.444 e. The summed E-state index contributed by atoms with van der Waals surface area (Å²) in [5, 5.41) is 6.07. The topological polar surface area (TPSA) is 50.4 Å². The van der Waals surface area contributed by atoms with Gasteiger partial charge >= 0.3 is 7.67 Å². The van der Waals surface area contributed by atoms with Crippen LogP contribution in [0.3, 0.4) is 0 Å². The fourth-order valence-corrected chi connectivity index (χ4v) is 4.00. The summed E-state index contributed by atoms with van der Waals surface area (Å²) in [6.45, 7) is 3.98. The summed E-state index contributed by atoms with van der Waals surface area (Å²) in [6, 6.07) is 24.5. The first-order chi connectivity index (χ1) is 12.0. The third-order valence-electron chi connectivity index (χ3n) is 3.57. The van der Waals surface area contributed by atoms with Gasteiger partial charge in [-0.3, -0.25) is 10.2 Å². The van der Waals surface area contributed by atoms with Crippen LogP contribution in [0.15, 0.2) is 78.9 Å². The normalized spacial score (nSPS) is 11.0. The van der Waals surface area contributed by atoms with Crippen molar-refractivity contribution >= 4 is 19.0 Å². The smallest absolute Gasteiger partial charge is 0.414 e. The molecule has 0 heterocycles. The highest BCUT2D eigenvalue weighted by Gasteiger charge is 2.25. The number of anilines is 2. The Kier molecular flexibility index (Phi) is 5.11. The molecule has 0 aliphatic rings. The number of rotatable bonds is 6. The summed E-state index contributed by atoms with van der Waals surface area (Å²) in [4.78, 5) is 0. The quantitative estimate of drug-likeness (QED) is 0.533. The van der Waals surface area contributed by atoms with Gasteiger partial charge < -0.3 is 4.52 Å². The molecular formula is C20H21N2O2P. The summed E-state index contributed by atoms with van der Waals surface area (Å²) < 4.78 is 19.3. The summed E-state index contributed by atoms with van der Waals surface area (Å²) >= 11 is 0. The molecule has 0 radical (unpaired) electrons. The Bertz CT molecular complexity index is 845. The van der Waals surface area contributed by atoms with Crippen LogP contribution in [0.2, 0.25) is 0 Å². The van der Waals surface area contributed by atoms with E-state index in [1.54, 1.807) is 12.1 Å². The van der Waals surface area contributed by atoms with Crippen LogP contribution in [0.5, 0.6) is 5.75 Å². The number of benzene rings is 3. The van der Waals surface area contributed by atoms with E-state index < -0.39 is 7.67 Å². The Hall–Kier alpha value is -2.71. The number of aryl methyl sites for hydroxylation is 2. The highest BCUT2D eigenvalue weighted by atomic mass is 31.2. The van der Waals surface area contributed by atoms with Crippen molar-refractivity contribution in [1.82, 2.24) is 0 Å². The summed E-state index contributed by atoms with van der Waals surface area (Å²) in [5.74, 6) is 0.533. The van der Waals surface area contributed by atoms with Gasteiger partial charge in [-0.2, -0.15) is 0 Å². The first kappa shape index (κ1) is 17.1. The van der Waals surface area contributed by atoms with Crippen LogP contribution in [-0.2, 0) is 4.57 Å². The van der Waals surface area contributed by atoms with Crippen LogP contribution in [0.4, 0.5) is 11.4 Å². The van der Waals surface area contributed by atoms with Crippen LogP contribution >= 0.6 is 7.67 Å². The van der Waals surface area contributed by atoms with E-state index in [4.69, 9.17) is 4.52 Å². The van der Waals surface area contributed by atoms with Gasteiger partial charge in [-0.15, -0.1) is 0 Å². The second-order valence-corrected chi connectivity index (χ2v) is 7.65. The molecule has 0 unspecified atom stereocenters. The van der Waals surface area contributed by atoms with Crippen molar-refractivity contribution in [3.05, 3.63) is 90.0 Å². The lowest BCUT2D eigenvalue weighted by molar-refractivity contribution is 0.493. The first-order valence-electron chi connectivity index (χ1n) is 8.07. The van der Waals surface area contributed by atoms with Gasteiger partial charge in [-0.25, -0.2) is 4.57 Å². The maximum atomic E-state index is 13.5. The van der Waals surface area contributed by atoms with Gasteiger partial charge in [-0.1, -0.05) is 42.5 Å². The third-order valence-corrected chi connectivity index (χ3v) is 5.14. The van der Waals surface area contributed by atoms with Crippen molar-refractivity contribution in [2.45, 2.75) is 13.8 Å². The van der Waals surface area contributed by atoms with Crippen molar-refractivity contribution in [3.8, 4) is 5.75 Å². The third kappa shape index (κ3) is 4.88. The van der Waals surface area contributed by atoms with Gasteiger partial charge in [0, 0.05) is 11.4 Å². The molecule has 5 heteroatoms. The van der Waals surface area contributed by atoms with Crippen molar-refractivity contribution < 1.29 is 9.09 Å². The minimum atomic E-state index is -3.42. The fraction of sp³-hybridized carbons (Fsp3) is 0.100. The molecule has 0 amide bonds. The van der Waals surface area contributed by atoms with Crippen molar-refractivity contribution in [3.63, 3.8) is 0 Å². The van der Waals surface area contributed by atoms with E-state index in [1.165, 1.54) is 0 Å². The highest BCUT2D eigenvalue weighted by molar-refractivity contribution is 7.62. The Morgan fingerprint density at radius 3 is 1.72 bits per heavy atom. The predicted molar refractivity (Wildman–Crippen MR) is 104 cm³/mol. The number of para-hydroxylation sites is 1. The lowest BCUT2D eigenvalue weighted by Crippen LogP contribution is -2.12. The van der Waals surface area contributed by atoms with Crippen molar-refractivity contribution in [2.75, 3.05) is 10.2 Å². The summed E-state index contributed by atoms with van der Waals surface area (Å²) in [5.41, 5.74) is 3.62. The molecule has 25 heavy (non-hydrogen) atoms. The fourth-order valence-electron chi connectivity index (χ4n) is 2.47. The lowest BCUT2D eigenvalue weighted by Gasteiger charge is -2.23. The Morgan fingerprint density at radius 1 is 0.720 bits per heavy atom. The molecule has 0 fully saturated rings. The second kappa shape index (κ2) is 7.45. The molecule has 0 saturated heterocycles. The van der Waals surface area contributed by atoms with Crippen LogP contribution in [0.1, 0.15) is 11.1 Å².